The van der Waals surface area contributed by atoms with Crippen LogP contribution in [0, 0.1) is 0 Å². The highest BCUT2D eigenvalue weighted by atomic mass is 35.5. The number of halogens is 1. The van der Waals surface area contributed by atoms with Crippen LogP contribution in [0.3, 0.4) is 0 Å². The van der Waals surface area contributed by atoms with Gasteiger partial charge in [-0.05, 0) is 12.1 Å². The standard InChI is InChI=1S/C6H5Cl/c7-6-4-2-1-3-5-6/h1-5H/i6+2. The molecule has 0 nitrogen and oxygen atoms in total. The Balaban J connectivity index is 3.02. The number of hydrogen-bond donors (Lipinski definition) is 0. The Morgan fingerprint density at radius 3 is 1.86 bits per heavy atom. The molecule has 1 aromatic rings. The summed E-state index contributed by atoms with van der Waals surface area (Å²) in [5.74, 6) is 0. The second-order valence-electron chi connectivity index (χ2n) is 1.30. The molecule has 0 aromatic heterocycles. The van der Waals surface area contributed by atoms with E-state index in [1.54, 1.807) is 0 Å². The molecule has 0 heterocycles. The van der Waals surface area contributed by atoms with Crippen LogP contribution in [-0.4, -0.2) is 0 Å². The quantitative estimate of drug-likeness (QED) is 0.486. The summed E-state index contributed by atoms with van der Waals surface area (Å²) >= 11 is 5.54. The highest BCUT2D eigenvalue weighted by Crippen LogP contribution is 2.03. The van der Waals surface area contributed by atoms with Gasteiger partial charge in [-0.15, -0.1) is 0 Å². The van der Waals surface area contributed by atoms with E-state index in [4.69, 9.17) is 11.6 Å². The zero-order valence-electron chi connectivity index (χ0n) is 3.76. The Labute approximate surface area is 47.7 Å². The van der Waals surface area contributed by atoms with Crippen molar-refractivity contribution in [2.75, 3.05) is 0 Å². The van der Waals surface area contributed by atoms with Gasteiger partial charge in [-0.2, -0.15) is 0 Å². The molecule has 0 fully saturated rings. The van der Waals surface area contributed by atoms with E-state index in [-0.39, 0.29) is 0 Å². The lowest BCUT2D eigenvalue weighted by molar-refractivity contribution is 1.71. The zero-order valence-corrected chi connectivity index (χ0v) is 4.52. The summed E-state index contributed by atoms with van der Waals surface area (Å²) in [4.78, 5) is 0. The van der Waals surface area contributed by atoms with Gasteiger partial charge in [0.2, 0.25) is 0 Å². The van der Waals surface area contributed by atoms with Crippen LogP contribution < -0.4 is 0 Å². The molecule has 0 aliphatic rings. The molecule has 0 spiro atoms. The fourth-order valence-electron chi connectivity index (χ4n) is 0.415. The SMILES string of the molecule is Cl[14c]1ccccc1. The van der Waals surface area contributed by atoms with Gasteiger partial charge in [-0.1, -0.05) is 29.8 Å². The number of rotatable bonds is 0. The molecule has 1 aromatic carbocycles. The maximum atomic E-state index is 5.54. The van der Waals surface area contributed by atoms with Gasteiger partial charge < -0.3 is 0 Å². The normalized spacial score (nSPS) is 8.71. The summed E-state index contributed by atoms with van der Waals surface area (Å²) in [6.45, 7) is 0. The maximum Gasteiger partial charge on any atom is 0.0405 e. The molecular weight excluding hydrogens is 110 g/mol. The Morgan fingerprint density at radius 2 is 1.57 bits per heavy atom. The van der Waals surface area contributed by atoms with E-state index in [1.165, 1.54) is 0 Å². The number of benzene rings is 1. The third-order valence-corrected chi connectivity index (χ3v) is 0.985. The fraction of sp³-hybridized carbons (Fsp3) is 0. The molecule has 0 amide bonds. The third-order valence-electron chi connectivity index (χ3n) is 0.733. The maximum absolute atomic E-state index is 5.54. The van der Waals surface area contributed by atoms with Crippen LogP contribution in [0.2, 0.25) is 5.02 Å². The lowest BCUT2D eigenvalue weighted by Crippen LogP contribution is -1.55. The summed E-state index contributed by atoms with van der Waals surface area (Å²) < 4.78 is 0. The Hall–Kier alpha value is -0.490. The van der Waals surface area contributed by atoms with E-state index < -0.39 is 0 Å². The molecular formula is C6H5Cl. The highest BCUT2D eigenvalue weighted by molar-refractivity contribution is 6.30. The van der Waals surface area contributed by atoms with Crippen molar-refractivity contribution >= 4 is 11.6 Å². The molecule has 0 atom stereocenters. The van der Waals surface area contributed by atoms with Crippen LogP contribution in [0.1, 0.15) is 0 Å². The molecule has 0 bridgehead atoms. The van der Waals surface area contributed by atoms with Crippen LogP contribution >= 0.6 is 11.6 Å². The Morgan fingerprint density at radius 1 is 1.00 bits per heavy atom. The molecule has 0 radical (unpaired) electrons. The Bertz CT molecular complexity index is 134. The van der Waals surface area contributed by atoms with Crippen molar-refractivity contribution in [1.29, 1.82) is 0 Å². The van der Waals surface area contributed by atoms with E-state index >= 15 is 0 Å². The van der Waals surface area contributed by atoms with E-state index in [1.807, 2.05) is 30.3 Å². The van der Waals surface area contributed by atoms with Crippen molar-refractivity contribution < 1.29 is 0 Å². The van der Waals surface area contributed by atoms with Crippen molar-refractivity contribution in [3.8, 4) is 0 Å². The van der Waals surface area contributed by atoms with Crippen LogP contribution in [0.4, 0.5) is 0 Å². The first-order valence-corrected chi connectivity index (χ1v) is 2.48. The summed E-state index contributed by atoms with van der Waals surface area (Å²) in [5, 5.41) is 0.794. The summed E-state index contributed by atoms with van der Waals surface area (Å²) in [7, 11) is 0. The lowest BCUT2D eigenvalue weighted by atomic mass is 10.5. The van der Waals surface area contributed by atoms with Gasteiger partial charge in [0.15, 0.2) is 0 Å². The average Bonchev–Trinajstić information content (AvgIpc) is 1.69. The first-order valence-electron chi connectivity index (χ1n) is 2.10. The van der Waals surface area contributed by atoms with Crippen LogP contribution in [0.5, 0.6) is 0 Å². The molecule has 7 heavy (non-hydrogen) atoms. The van der Waals surface area contributed by atoms with Gasteiger partial charge in [0.05, 0.1) is 0 Å². The van der Waals surface area contributed by atoms with Gasteiger partial charge >= 0.3 is 0 Å². The first kappa shape index (κ1) is 4.66. The van der Waals surface area contributed by atoms with Crippen molar-refractivity contribution in [3.63, 3.8) is 0 Å². The fourth-order valence-corrected chi connectivity index (χ4v) is 0.560. The minimum atomic E-state index is 0.794. The second-order valence-corrected chi connectivity index (χ2v) is 1.73. The molecule has 0 saturated heterocycles. The van der Waals surface area contributed by atoms with Gasteiger partial charge in [-0.3, -0.25) is 0 Å². The topological polar surface area (TPSA) is 0 Å². The van der Waals surface area contributed by atoms with E-state index in [0.29, 0.717) is 0 Å². The largest absolute Gasteiger partial charge is 0.0843 e. The molecule has 0 aliphatic carbocycles. The number of hydrogen-bond acceptors (Lipinski definition) is 0. The van der Waals surface area contributed by atoms with Crippen LogP contribution in [0.25, 0.3) is 0 Å². The monoisotopic (exact) mass is 114 g/mol. The van der Waals surface area contributed by atoms with Crippen molar-refractivity contribution in [3.05, 3.63) is 35.4 Å². The molecule has 0 N–H and O–H groups in total. The highest BCUT2D eigenvalue weighted by Gasteiger charge is 1.74. The smallest absolute Gasteiger partial charge is 0.0405 e. The van der Waals surface area contributed by atoms with Gasteiger partial charge in [0, 0.05) is 5.02 Å². The molecule has 0 aliphatic heterocycles. The molecule has 36 valence electrons. The predicted molar refractivity (Wildman–Crippen MR) is 31.5 cm³/mol. The lowest BCUT2D eigenvalue weighted by Gasteiger charge is -1.80. The predicted octanol–water partition coefficient (Wildman–Crippen LogP) is 2.34. The molecule has 1 heteroatoms. The van der Waals surface area contributed by atoms with E-state index in [9.17, 15) is 0 Å². The zero-order chi connectivity index (χ0) is 5.11. The van der Waals surface area contributed by atoms with E-state index in [2.05, 4.69) is 0 Å². The van der Waals surface area contributed by atoms with Gasteiger partial charge in [-0.25, -0.2) is 0 Å². The summed E-state index contributed by atoms with van der Waals surface area (Å²) in [6.07, 6.45) is 0. The first-order chi connectivity index (χ1) is 3.39. The van der Waals surface area contributed by atoms with Gasteiger partial charge in [0.25, 0.3) is 0 Å². The molecule has 0 saturated carbocycles. The van der Waals surface area contributed by atoms with Crippen molar-refractivity contribution in [1.82, 2.24) is 0 Å². The third kappa shape index (κ3) is 1.20. The molecule has 0 unspecified atom stereocenters. The van der Waals surface area contributed by atoms with Crippen molar-refractivity contribution in [2.45, 2.75) is 0 Å². The van der Waals surface area contributed by atoms with Crippen LogP contribution in [-0.2, 0) is 0 Å². The summed E-state index contributed by atoms with van der Waals surface area (Å²) in [5.41, 5.74) is 0. The van der Waals surface area contributed by atoms with Crippen molar-refractivity contribution in [2.24, 2.45) is 0 Å². The van der Waals surface area contributed by atoms with E-state index in [0.717, 1.165) is 5.02 Å². The average molecular weight is 115 g/mol. The second kappa shape index (κ2) is 1.99. The van der Waals surface area contributed by atoms with Gasteiger partial charge in [0.1, 0.15) is 0 Å². The Kier molecular flexibility index (Phi) is 1.32. The van der Waals surface area contributed by atoms with Crippen LogP contribution in [0.15, 0.2) is 30.3 Å². The summed E-state index contributed by atoms with van der Waals surface area (Å²) in [6, 6.07) is 9.44. The molecule has 1 rings (SSSR count). The minimum Gasteiger partial charge on any atom is -0.0843 e. The minimum absolute atomic E-state index is 0.794.